The first-order valence-corrected chi connectivity index (χ1v) is 6.81. The van der Waals surface area contributed by atoms with Crippen LogP contribution in [0, 0.1) is 12.3 Å². The number of benzene rings is 1. The largest absolute Gasteiger partial charge is 0.396 e. The average molecular weight is 314 g/mol. The maximum Gasteiger partial charge on any atom is 0.251 e. The number of nitrogens with one attached hydrogen (secondary N) is 1. The number of carbonyl (C=O) groups excluding carboxylic acids is 1. The highest BCUT2D eigenvalue weighted by molar-refractivity contribution is 9.10. The molecule has 0 fully saturated rings. The number of hydrogen-bond acceptors (Lipinski definition) is 2. The quantitative estimate of drug-likeness (QED) is 0.878. The molecule has 1 amide bonds. The Kier molecular flexibility index (Phi) is 5.35. The van der Waals surface area contributed by atoms with Gasteiger partial charge in [-0.05, 0) is 36.5 Å². The molecule has 0 spiro atoms. The van der Waals surface area contributed by atoms with Crippen molar-refractivity contribution in [3.8, 4) is 0 Å². The topological polar surface area (TPSA) is 49.3 Å². The molecule has 0 atom stereocenters. The van der Waals surface area contributed by atoms with Crippen molar-refractivity contribution in [1.29, 1.82) is 0 Å². The highest BCUT2D eigenvalue weighted by Gasteiger charge is 2.19. The Labute approximate surface area is 117 Å². The summed E-state index contributed by atoms with van der Waals surface area (Å²) in [6.45, 7) is 6.66. The van der Waals surface area contributed by atoms with Crippen molar-refractivity contribution >= 4 is 21.8 Å². The normalized spacial score (nSPS) is 11.4. The van der Waals surface area contributed by atoms with Crippen LogP contribution in [0.2, 0.25) is 0 Å². The van der Waals surface area contributed by atoms with Crippen LogP contribution in [0.25, 0.3) is 0 Å². The number of aliphatic hydroxyl groups is 1. The molecule has 0 unspecified atom stereocenters. The summed E-state index contributed by atoms with van der Waals surface area (Å²) in [6, 6.07) is 5.58. The molecule has 1 aromatic rings. The highest BCUT2D eigenvalue weighted by atomic mass is 79.9. The predicted octanol–water partition coefficient (Wildman–Crippen LogP) is 2.90. The van der Waals surface area contributed by atoms with E-state index in [9.17, 15) is 4.79 Å². The van der Waals surface area contributed by atoms with Gasteiger partial charge in [0.2, 0.25) is 0 Å². The first kappa shape index (κ1) is 15.2. The minimum atomic E-state index is -0.0929. The third-order valence-electron chi connectivity index (χ3n) is 3.03. The SMILES string of the molecule is Cc1c(Br)cccc1C(=O)NCC(C)(C)CCO. The summed E-state index contributed by atoms with van der Waals surface area (Å²) >= 11 is 3.42. The molecule has 1 rings (SSSR count). The fraction of sp³-hybridized carbons (Fsp3) is 0.500. The van der Waals surface area contributed by atoms with E-state index in [2.05, 4.69) is 21.2 Å². The van der Waals surface area contributed by atoms with Crippen molar-refractivity contribution < 1.29 is 9.90 Å². The first-order chi connectivity index (χ1) is 8.37. The number of hydrogen-bond donors (Lipinski definition) is 2. The molecule has 1 aromatic carbocycles. The summed E-state index contributed by atoms with van der Waals surface area (Å²) < 4.78 is 0.935. The van der Waals surface area contributed by atoms with Crippen LogP contribution in [0.15, 0.2) is 22.7 Å². The Morgan fingerprint density at radius 3 is 2.72 bits per heavy atom. The monoisotopic (exact) mass is 313 g/mol. The van der Waals surface area contributed by atoms with Crippen LogP contribution in [0.4, 0.5) is 0 Å². The van der Waals surface area contributed by atoms with Crippen LogP contribution in [0.5, 0.6) is 0 Å². The van der Waals surface area contributed by atoms with Crippen molar-refractivity contribution in [2.75, 3.05) is 13.2 Å². The molecule has 0 radical (unpaired) electrons. The fourth-order valence-electron chi connectivity index (χ4n) is 1.66. The van der Waals surface area contributed by atoms with Crippen LogP contribution >= 0.6 is 15.9 Å². The summed E-state index contributed by atoms with van der Waals surface area (Å²) in [5.74, 6) is -0.0696. The summed E-state index contributed by atoms with van der Waals surface area (Å²) in [4.78, 5) is 12.1. The van der Waals surface area contributed by atoms with Crippen molar-refractivity contribution in [3.63, 3.8) is 0 Å². The standard InChI is InChI=1S/C14H20BrNO2/c1-10-11(5-4-6-12(10)15)13(18)16-9-14(2,3)7-8-17/h4-6,17H,7-9H2,1-3H3,(H,16,18). The number of rotatable bonds is 5. The third kappa shape index (κ3) is 4.10. The second kappa shape index (κ2) is 6.34. The van der Waals surface area contributed by atoms with Crippen molar-refractivity contribution in [1.82, 2.24) is 5.32 Å². The van der Waals surface area contributed by atoms with Gasteiger partial charge >= 0.3 is 0 Å². The summed E-state index contributed by atoms with van der Waals surface area (Å²) in [6.07, 6.45) is 0.671. The van der Waals surface area contributed by atoms with Crippen LogP contribution in [-0.4, -0.2) is 24.2 Å². The van der Waals surface area contributed by atoms with Crippen LogP contribution < -0.4 is 5.32 Å². The van der Waals surface area contributed by atoms with Crippen molar-refractivity contribution in [2.45, 2.75) is 27.2 Å². The molecule has 3 nitrogen and oxygen atoms in total. The zero-order valence-corrected chi connectivity index (χ0v) is 12.7. The van der Waals surface area contributed by atoms with E-state index in [1.165, 1.54) is 0 Å². The van der Waals surface area contributed by atoms with Gasteiger partial charge in [-0.15, -0.1) is 0 Å². The van der Waals surface area contributed by atoms with Crippen LogP contribution in [-0.2, 0) is 0 Å². The van der Waals surface area contributed by atoms with Gasteiger partial charge in [0, 0.05) is 23.2 Å². The Morgan fingerprint density at radius 2 is 2.11 bits per heavy atom. The van der Waals surface area contributed by atoms with Gasteiger partial charge in [0.05, 0.1) is 0 Å². The second-order valence-corrected chi connectivity index (χ2v) is 6.09. The molecule has 0 saturated heterocycles. The zero-order valence-electron chi connectivity index (χ0n) is 11.1. The molecule has 0 aliphatic carbocycles. The van der Waals surface area contributed by atoms with E-state index in [4.69, 9.17) is 5.11 Å². The van der Waals surface area contributed by atoms with E-state index in [0.717, 1.165) is 10.0 Å². The van der Waals surface area contributed by atoms with E-state index in [1.807, 2.05) is 39.0 Å². The van der Waals surface area contributed by atoms with Gasteiger partial charge in [0.1, 0.15) is 0 Å². The summed E-state index contributed by atoms with van der Waals surface area (Å²) in [7, 11) is 0. The Hall–Kier alpha value is -0.870. The second-order valence-electron chi connectivity index (χ2n) is 5.23. The molecular formula is C14H20BrNO2. The average Bonchev–Trinajstić information content (AvgIpc) is 2.30. The van der Waals surface area contributed by atoms with Crippen LogP contribution in [0.1, 0.15) is 36.2 Å². The lowest BCUT2D eigenvalue weighted by atomic mass is 9.89. The Balaban J connectivity index is 2.69. The molecule has 0 aliphatic heterocycles. The van der Waals surface area contributed by atoms with Crippen molar-refractivity contribution in [3.05, 3.63) is 33.8 Å². The summed E-state index contributed by atoms with van der Waals surface area (Å²) in [5.41, 5.74) is 1.53. The van der Waals surface area contributed by atoms with Gasteiger partial charge in [-0.2, -0.15) is 0 Å². The predicted molar refractivity (Wildman–Crippen MR) is 76.7 cm³/mol. The molecule has 2 N–H and O–H groups in total. The van der Waals surface area contributed by atoms with Gasteiger partial charge in [-0.1, -0.05) is 35.8 Å². The maximum absolute atomic E-state index is 12.1. The van der Waals surface area contributed by atoms with Gasteiger partial charge in [0.25, 0.3) is 5.91 Å². The molecule has 0 saturated carbocycles. The Morgan fingerprint density at radius 1 is 1.44 bits per heavy atom. The molecule has 0 heterocycles. The third-order valence-corrected chi connectivity index (χ3v) is 3.89. The molecule has 100 valence electrons. The first-order valence-electron chi connectivity index (χ1n) is 6.01. The lowest BCUT2D eigenvalue weighted by Gasteiger charge is -2.24. The van der Waals surface area contributed by atoms with Crippen molar-refractivity contribution in [2.24, 2.45) is 5.41 Å². The number of aliphatic hydroxyl groups excluding tert-OH is 1. The molecule has 0 aliphatic rings. The summed E-state index contributed by atoms with van der Waals surface area (Å²) in [5, 5.41) is 11.9. The molecule has 18 heavy (non-hydrogen) atoms. The molecule has 0 aromatic heterocycles. The highest BCUT2D eigenvalue weighted by Crippen LogP contribution is 2.21. The van der Waals surface area contributed by atoms with E-state index >= 15 is 0 Å². The van der Waals surface area contributed by atoms with E-state index < -0.39 is 0 Å². The van der Waals surface area contributed by atoms with E-state index in [-0.39, 0.29) is 17.9 Å². The van der Waals surface area contributed by atoms with Gasteiger partial charge in [0.15, 0.2) is 0 Å². The number of carbonyl (C=O) groups is 1. The smallest absolute Gasteiger partial charge is 0.251 e. The maximum atomic E-state index is 12.1. The zero-order chi connectivity index (χ0) is 13.8. The lowest BCUT2D eigenvalue weighted by Crippen LogP contribution is -2.34. The molecule has 4 heteroatoms. The number of halogens is 1. The van der Waals surface area contributed by atoms with Crippen LogP contribution in [0.3, 0.4) is 0 Å². The van der Waals surface area contributed by atoms with E-state index in [1.54, 1.807) is 0 Å². The van der Waals surface area contributed by atoms with Gasteiger partial charge < -0.3 is 10.4 Å². The van der Waals surface area contributed by atoms with E-state index in [0.29, 0.717) is 18.5 Å². The minimum Gasteiger partial charge on any atom is -0.396 e. The molecular weight excluding hydrogens is 294 g/mol. The minimum absolute atomic E-state index is 0.0696. The van der Waals surface area contributed by atoms with Gasteiger partial charge in [-0.3, -0.25) is 4.79 Å². The van der Waals surface area contributed by atoms with Gasteiger partial charge in [-0.25, -0.2) is 0 Å². The number of amides is 1. The Bertz CT molecular complexity index is 430. The fourth-order valence-corrected chi connectivity index (χ4v) is 2.03. The lowest BCUT2D eigenvalue weighted by molar-refractivity contribution is 0.0927. The molecule has 0 bridgehead atoms.